The third-order valence-electron chi connectivity index (χ3n) is 1.98. The van der Waals surface area contributed by atoms with E-state index in [1.165, 1.54) is 6.07 Å². The van der Waals surface area contributed by atoms with Crippen LogP contribution in [0.3, 0.4) is 0 Å². The van der Waals surface area contributed by atoms with Gasteiger partial charge < -0.3 is 4.74 Å². The lowest BCUT2D eigenvalue weighted by molar-refractivity contribution is 0.294. The van der Waals surface area contributed by atoms with E-state index in [2.05, 4.69) is 6.92 Å². The van der Waals surface area contributed by atoms with E-state index in [1.807, 2.05) is 11.8 Å². The summed E-state index contributed by atoms with van der Waals surface area (Å²) in [6.07, 6.45) is 2.12. The topological polar surface area (TPSA) is 9.23 Å². The standard InChI is InChI=1S/C12H17FOS/c1-2-15-10-6-5-9-14-12-8-4-3-7-11(12)13/h3-4,7-8H,2,5-6,9-10H2,1H3. The molecule has 0 bridgehead atoms. The van der Waals surface area contributed by atoms with E-state index in [1.54, 1.807) is 18.2 Å². The molecule has 0 radical (unpaired) electrons. The van der Waals surface area contributed by atoms with Gasteiger partial charge in [0.05, 0.1) is 6.61 Å². The van der Waals surface area contributed by atoms with Crippen molar-refractivity contribution < 1.29 is 9.13 Å². The minimum absolute atomic E-state index is 0.277. The predicted octanol–water partition coefficient (Wildman–Crippen LogP) is 3.74. The van der Waals surface area contributed by atoms with Crippen molar-refractivity contribution in [2.24, 2.45) is 0 Å². The number of benzene rings is 1. The van der Waals surface area contributed by atoms with E-state index in [9.17, 15) is 4.39 Å². The van der Waals surface area contributed by atoms with Crippen LogP contribution in [-0.2, 0) is 0 Å². The third-order valence-corrected chi connectivity index (χ3v) is 2.97. The van der Waals surface area contributed by atoms with Crippen molar-refractivity contribution in [3.63, 3.8) is 0 Å². The fourth-order valence-electron chi connectivity index (χ4n) is 1.19. The minimum atomic E-state index is -0.277. The highest BCUT2D eigenvalue weighted by Gasteiger charge is 2.00. The molecule has 0 aromatic heterocycles. The Morgan fingerprint density at radius 2 is 2.07 bits per heavy atom. The number of thioether (sulfide) groups is 1. The summed E-state index contributed by atoms with van der Waals surface area (Å²) < 4.78 is 18.4. The molecule has 0 aliphatic rings. The van der Waals surface area contributed by atoms with Gasteiger partial charge in [0.1, 0.15) is 0 Å². The molecular formula is C12H17FOS. The summed E-state index contributed by atoms with van der Waals surface area (Å²) in [6, 6.07) is 6.53. The molecule has 0 N–H and O–H groups in total. The van der Waals surface area contributed by atoms with E-state index in [0.29, 0.717) is 12.4 Å². The number of rotatable bonds is 7. The second-order valence-corrected chi connectivity index (χ2v) is 4.58. The van der Waals surface area contributed by atoms with Crippen LogP contribution in [0.2, 0.25) is 0 Å². The molecule has 1 aromatic rings. The highest BCUT2D eigenvalue weighted by Crippen LogP contribution is 2.15. The lowest BCUT2D eigenvalue weighted by Crippen LogP contribution is -1.99. The van der Waals surface area contributed by atoms with Crippen LogP contribution in [0.4, 0.5) is 4.39 Å². The van der Waals surface area contributed by atoms with Gasteiger partial charge in [-0.3, -0.25) is 0 Å². The molecule has 0 unspecified atom stereocenters. The van der Waals surface area contributed by atoms with Crippen molar-refractivity contribution in [2.45, 2.75) is 19.8 Å². The highest BCUT2D eigenvalue weighted by atomic mass is 32.2. The summed E-state index contributed by atoms with van der Waals surface area (Å²) in [6.45, 7) is 2.76. The average Bonchev–Trinajstić information content (AvgIpc) is 2.25. The monoisotopic (exact) mass is 228 g/mol. The summed E-state index contributed by atoms with van der Waals surface area (Å²) >= 11 is 1.93. The van der Waals surface area contributed by atoms with Gasteiger partial charge in [-0.25, -0.2) is 4.39 Å². The Labute approximate surface area is 95.0 Å². The van der Waals surface area contributed by atoms with Crippen molar-refractivity contribution >= 4 is 11.8 Å². The molecule has 1 nitrogen and oxygen atoms in total. The fraction of sp³-hybridized carbons (Fsp3) is 0.500. The number of para-hydroxylation sites is 1. The van der Waals surface area contributed by atoms with Crippen LogP contribution in [0.5, 0.6) is 5.75 Å². The number of ether oxygens (including phenoxy) is 1. The van der Waals surface area contributed by atoms with Crippen molar-refractivity contribution in [1.82, 2.24) is 0 Å². The Morgan fingerprint density at radius 1 is 1.27 bits per heavy atom. The van der Waals surface area contributed by atoms with Crippen molar-refractivity contribution in [3.8, 4) is 5.75 Å². The van der Waals surface area contributed by atoms with Gasteiger partial charge >= 0.3 is 0 Å². The maximum absolute atomic E-state index is 13.1. The molecule has 1 rings (SSSR count). The molecule has 15 heavy (non-hydrogen) atoms. The molecule has 1 aromatic carbocycles. The maximum atomic E-state index is 13.1. The first kappa shape index (κ1) is 12.4. The smallest absolute Gasteiger partial charge is 0.165 e. The molecule has 0 saturated heterocycles. The van der Waals surface area contributed by atoms with Crippen LogP contribution in [0.25, 0.3) is 0 Å². The largest absolute Gasteiger partial charge is 0.491 e. The van der Waals surface area contributed by atoms with Crippen LogP contribution in [0.1, 0.15) is 19.8 Å². The number of hydrogen-bond acceptors (Lipinski definition) is 2. The van der Waals surface area contributed by atoms with Gasteiger partial charge in [-0.2, -0.15) is 11.8 Å². The first-order valence-electron chi connectivity index (χ1n) is 5.29. The zero-order valence-electron chi connectivity index (χ0n) is 9.04. The van der Waals surface area contributed by atoms with Crippen LogP contribution < -0.4 is 4.74 Å². The summed E-state index contributed by atoms with van der Waals surface area (Å²) in [7, 11) is 0. The van der Waals surface area contributed by atoms with E-state index in [4.69, 9.17) is 4.74 Å². The van der Waals surface area contributed by atoms with Gasteiger partial charge in [-0.15, -0.1) is 0 Å². The second kappa shape index (κ2) is 7.57. The molecule has 0 aliphatic heterocycles. The van der Waals surface area contributed by atoms with Gasteiger partial charge in [-0.1, -0.05) is 19.1 Å². The quantitative estimate of drug-likeness (QED) is 0.657. The number of halogens is 1. The Morgan fingerprint density at radius 3 is 2.80 bits per heavy atom. The minimum Gasteiger partial charge on any atom is -0.491 e. The molecule has 0 heterocycles. The molecule has 0 atom stereocenters. The molecule has 0 saturated carbocycles. The fourth-order valence-corrected chi connectivity index (χ4v) is 1.89. The van der Waals surface area contributed by atoms with Crippen molar-refractivity contribution in [3.05, 3.63) is 30.1 Å². The molecule has 3 heteroatoms. The van der Waals surface area contributed by atoms with Gasteiger partial charge in [-0.05, 0) is 36.5 Å². The normalized spacial score (nSPS) is 10.3. The average molecular weight is 228 g/mol. The summed E-state index contributed by atoms with van der Waals surface area (Å²) in [5, 5.41) is 0. The van der Waals surface area contributed by atoms with Gasteiger partial charge in [0.25, 0.3) is 0 Å². The Hall–Kier alpha value is -0.700. The molecule has 0 aliphatic carbocycles. The molecule has 0 spiro atoms. The Kier molecular flexibility index (Phi) is 6.25. The van der Waals surface area contributed by atoms with Gasteiger partial charge in [0.2, 0.25) is 0 Å². The molecule has 0 amide bonds. The predicted molar refractivity (Wildman–Crippen MR) is 64.1 cm³/mol. The van der Waals surface area contributed by atoms with E-state index < -0.39 is 0 Å². The van der Waals surface area contributed by atoms with E-state index in [-0.39, 0.29) is 5.82 Å². The summed E-state index contributed by atoms with van der Waals surface area (Å²) in [4.78, 5) is 0. The van der Waals surface area contributed by atoms with Gasteiger partial charge in [0.15, 0.2) is 11.6 Å². The Balaban J connectivity index is 2.12. The number of unbranched alkanes of at least 4 members (excludes halogenated alkanes) is 1. The van der Waals surface area contributed by atoms with Gasteiger partial charge in [0, 0.05) is 0 Å². The SMILES string of the molecule is CCSCCCCOc1ccccc1F. The second-order valence-electron chi connectivity index (χ2n) is 3.18. The summed E-state index contributed by atoms with van der Waals surface area (Å²) in [5.74, 6) is 2.41. The maximum Gasteiger partial charge on any atom is 0.165 e. The molecule has 84 valence electrons. The number of hydrogen-bond donors (Lipinski definition) is 0. The van der Waals surface area contributed by atoms with E-state index >= 15 is 0 Å². The first-order valence-corrected chi connectivity index (χ1v) is 6.45. The van der Waals surface area contributed by atoms with Crippen LogP contribution in [0, 0.1) is 5.82 Å². The third kappa shape index (κ3) is 5.07. The summed E-state index contributed by atoms with van der Waals surface area (Å²) in [5.41, 5.74) is 0. The first-order chi connectivity index (χ1) is 7.34. The molecular weight excluding hydrogens is 211 g/mol. The molecule has 0 fully saturated rings. The highest BCUT2D eigenvalue weighted by molar-refractivity contribution is 7.99. The van der Waals surface area contributed by atoms with Crippen LogP contribution in [-0.4, -0.2) is 18.1 Å². The zero-order chi connectivity index (χ0) is 10.9. The van der Waals surface area contributed by atoms with E-state index in [0.717, 1.165) is 24.3 Å². The lowest BCUT2D eigenvalue weighted by Gasteiger charge is -2.06. The van der Waals surface area contributed by atoms with Crippen LogP contribution in [0.15, 0.2) is 24.3 Å². The van der Waals surface area contributed by atoms with Crippen molar-refractivity contribution in [1.29, 1.82) is 0 Å². The van der Waals surface area contributed by atoms with Crippen molar-refractivity contribution in [2.75, 3.05) is 18.1 Å². The van der Waals surface area contributed by atoms with Crippen LogP contribution >= 0.6 is 11.8 Å². The zero-order valence-corrected chi connectivity index (χ0v) is 9.86. The Bertz CT molecular complexity index is 278. The lowest BCUT2D eigenvalue weighted by atomic mass is 10.3.